The van der Waals surface area contributed by atoms with Crippen LogP contribution in [0, 0.1) is 0 Å². The number of halogens is 1. The minimum atomic E-state index is -0.0803. The average Bonchev–Trinajstić information content (AvgIpc) is 3.23. The molecule has 2 heterocycles. The fourth-order valence-electron chi connectivity index (χ4n) is 3.10. The smallest absolute Gasteiger partial charge is 0.234 e. The predicted octanol–water partition coefficient (Wildman–Crippen LogP) is 5.03. The Bertz CT molecular complexity index is 975. The van der Waals surface area contributed by atoms with E-state index in [0.717, 1.165) is 40.1 Å². The van der Waals surface area contributed by atoms with Gasteiger partial charge in [-0.2, -0.15) is 0 Å². The van der Waals surface area contributed by atoms with E-state index in [9.17, 15) is 4.79 Å². The fourth-order valence-corrected chi connectivity index (χ4v) is 5.03. The van der Waals surface area contributed by atoms with Crippen LogP contribution >= 0.6 is 34.7 Å². The zero-order chi connectivity index (χ0) is 20.1. The molecule has 0 radical (unpaired) electrons. The number of thioether (sulfide) groups is 1. The Morgan fingerprint density at radius 1 is 1.17 bits per heavy atom. The second kappa shape index (κ2) is 9.63. The number of rotatable bonds is 6. The molecule has 0 atom stereocenters. The number of para-hydroxylation sites is 1. The fraction of sp³-hybridized carbons (Fsp3) is 0.238. The van der Waals surface area contributed by atoms with E-state index in [0.29, 0.717) is 18.2 Å². The molecule has 1 aliphatic rings. The first-order chi connectivity index (χ1) is 14.2. The highest BCUT2D eigenvalue weighted by Gasteiger charge is 2.19. The molecule has 1 N–H and O–H groups in total. The Morgan fingerprint density at radius 3 is 2.76 bits per heavy atom. The van der Waals surface area contributed by atoms with E-state index in [-0.39, 0.29) is 11.7 Å². The summed E-state index contributed by atoms with van der Waals surface area (Å²) in [6.45, 7) is 2.82. The summed E-state index contributed by atoms with van der Waals surface area (Å²) in [6, 6.07) is 15.6. The molecule has 0 unspecified atom stereocenters. The first-order valence-electron chi connectivity index (χ1n) is 9.25. The van der Waals surface area contributed by atoms with Crippen molar-refractivity contribution in [1.29, 1.82) is 0 Å². The quantitative estimate of drug-likeness (QED) is 0.539. The average molecular weight is 446 g/mol. The third-order valence-corrected chi connectivity index (χ3v) is 6.79. The number of ether oxygens (including phenoxy) is 1. The Morgan fingerprint density at radius 2 is 1.97 bits per heavy atom. The normalized spacial score (nSPS) is 14.0. The number of nitrogens with zero attached hydrogens (tertiary/aromatic N) is 2. The number of aromatic nitrogens is 1. The number of thiazole rings is 1. The lowest BCUT2D eigenvalue weighted by Crippen LogP contribution is -2.37. The SMILES string of the molecule is O=C(CSc1nc(-c2ccccc2)cs1)Nc1cccc(Cl)c1N1CCOCC1. The van der Waals surface area contributed by atoms with E-state index >= 15 is 0 Å². The summed E-state index contributed by atoms with van der Waals surface area (Å²) in [4.78, 5) is 19.3. The molecule has 1 amide bonds. The summed E-state index contributed by atoms with van der Waals surface area (Å²) >= 11 is 9.42. The molecule has 1 fully saturated rings. The van der Waals surface area contributed by atoms with Crippen molar-refractivity contribution in [1.82, 2.24) is 4.98 Å². The van der Waals surface area contributed by atoms with Crippen LogP contribution in [0.2, 0.25) is 5.02 Å². The Balaban J connectivity index is 1.39. The Kier molecular flexibility index (Phi) is 6.71. The van der Waals surface area contributed by atoms with Crippen LogP contribution in [0.4, 0.5) is 11.4 Å². The van der Waals surface area contributed by atoms with Gasteiger partial charge in [0.05, 0.1) is 41.1 Å². The van der Waals surface area contributed by atoms with E-state index in [1.54, 1.807) is 11.3 Å². The monoisotopic (exact) mass is 445 g/mol. The molecule has 1 saturated heterocycles. The van der Waals surface area contributed by atoms with Crippen LogP contribution in [0.5, 0.6) is 0 Å². The summed E-state index contributed by atoms with van der Waals surface area (Å²) in [6.07, 6.45) is 0. The van der Waals surface area contributed by atoms with Crippen LogP contribution in [0.15, 0.2) is 58.3 Å². The molecule has 150 valence electrons. The molecule has 0 spiro atoms. The number of carbonyl (C=O) groups is 1. The lowest BCUT2D eigenvalue weighted by molar-refractivity contribution is -0.113. The van der Waals surface area contributed by atoms with Gasteiger partial charge in [0.2, 0.25) is 5.91 Å². The standard InChI is InChI=1S/C21H20ClN3O2S2/c22-16-7-4-8-17(20(16)25-9-11-27-12-10-25)23-19(26)14-29-21-24-18(13-28-21)15-5-2-1-3-6-15/h1-8,13H,9-12,14H2,(H,23,26). The van der Waals surface area contributed by atoms with Gasteiger partial charge in [-0.05, 0) is 12.1 Å². The minimum absolute atomic E-state index is 0.0803. The van der Waals surface area contributed by atoms with Gasteiger partial charge in [-0.1, -0.05) is 59.8 Å². The van der Waals surface area contributed by atoms with Gasteiger partial charge in [0, 0.05) is 24.0 Å². The second-order valence-electron chi connectivity index (χ2n) is 6.44. The maximum absolute atomic E-state index is 12.6. The van der Waals surface area contributed by atoms with Gasteiger partial charge in [0.1, 0.15) is 0 Å². The Labute approximate surface area is 183 Å². The van der Waals surface area contributed by atoms with Gasteiger partial charge < -0.3 is 15.0 Å². The number of morpholine rings is 1. The van der Waals surface area contributed by atoms with Gasteiger partial charge in [-0.3, -0.25) is 4.79 Å². The third kappa shape index (κ3) is 5.11. The van der Waals surface area contributed by atoms with Gasteiger partial charge in [0.15, 0.2) is 4.34 Å². The van der Waals surface area contributed by atoms with E-state index in [4.69, 9.17) is 16.3 Å². The first-order valence-corrected chi connectivity index (χ1v) is 11.5. The van der Waals surface area contributed by atoms with Crippen LogP contribution in [-0.2, 0) is 9.53 Å². The number of hydrogen-bond donors (Lipinski definition) is 1. The maximum Gasteiger partial charge on any atom is 0.234 e. The van der Waals surface area contributed by atoms with E-state index in [1.165, 1.54) is 11.8 Å². The van der Waals surface area contributed by atoms with Crippen LogP contribution in [0.25, 0.3) is 11.3 Å². The lowest BCUT2D eigenvalue weighted by atomic mass is 10.2. The van der Waals surface area contributed by atoms with Crippen molar-refractivity contribution in [3.05, 3.63) is 58.9 Å². The maximum atomic E-state index is 12.6. The summed E-state index contributed by atoms with van der Waals surface area (Å²) in [5.74, 6) is 0.208. The minimum Gasteiger partial charge on any atom is -0.378 e. The lowest BCUT2D eigenvalue weighted by Gasteiger charge is -2.31. The molecule has 0 saturated carbocycles. The van der Waals surface area contributed by atoms with Crippen molar-refractivity contribution in [2.45, 2.75) is 4.34 Å². The number of amides is 1. The van der Waals surface area contributed by atoms with Gasteiger partial charge in [-0.25, -0.2) is 4.98 Å². The molecule has 4 rings (SSSR count). The number of benzene rings is 2. The molecule has 0 aliphatic carbocycles. The van der Waals surface area contributed by atoms with E-state index in [1.807, 2.05) is 53.9 Å². The molecule has 1 aromatic heterocycles. The molecule has 5 nitrogen and oxygen atoms in total. The molecule has 29 heavy (non-hydrogen) atoms. The van der Waals surface area contributed by atoms with Crippen LogP contribution in [-0.4, -0.2) is 42.9 Å². The molecule has 1 aliphatic heterocycles. The van der Waals surface area contributed by atoms with Crippen LogP contribution < -0.4 is 10.2 Å². The number of anilines is 2. The zero-order valence-corrected chi connectivity index (χ0v) is 18.0. The molecule has 0 bridgehead atoms. The number of carbonyl (C=O) groups excluding carboxylic acids is 1. The zero-order valence-electron chi connectivity index (χ0n) is 15.6. The van der Waals surface area contributed by atoms with E-state index < -0.39 is 0 Å². The largest absolute Gasteiger partial charge is 0.378 e. The molecule has 8 heteroatoms. The summed E-state index contributed by atoms with van der Waals surface area (Å²) in [5, 5.41) is 5.65. The van der Waals surface area contributed by atoms with Crippen LogP contribution in [0.1, 0.15) is 0 Å². The van der Waals surface area contributed by atoms with Crippen molar-refractivity contribution in [3.8, 4) is 11.3 Å². The van der Waals surface area contributed by atoms with Crippen molar-refractivity contribution in [3.63, 3.8) is 0 Å². The molecular weight excluding hydrogens is 426 g/mol. The predicted molar refractivity (Wildman–Crippen MR) is 121 cm³/mol. The highest BCUT2D eigenvalue weighted by molar-refractivity contribution is 8.01. The summed E-state index contributed by atoms with van der Waals surface area (Å²) < 4.78 is 6.30. The van der Waals surface area contributed by atoms with Crippen molar-refractivity contribution < 1.29 is 9.53 Å². The van der Waals surface area contributed by atoms with Gasteiger partial charge in [-0.15, -0.1) is 11.3 Å². The van der Waals surface area contributed by atoms with Gasteiger partial charge in [0.25, 0.3) is 0 Å². The number of nitrogens with one attached hydrogen (secondary N) is 1. The van der Waals surface area contributed by atoms with Crippen molar-refractivity contribution >= 4 is 52.0 Å². The first kappa shape index (κ1) is 20.2. The summed E-state index contributed by atoms with van der Waals surface area (Å²) in [5.41, 5.74) is 3.60. The highest BCUT2D eigenvalue weighted by Crippen LogP contribution is 2.35. The van der Waals surface area contributed by atoms with Crippen molar-refractivity contribution in [2.24, 2.45) is 0 Å². The second-order valence-corrected chi connectivity index (χ2v) is 8.92. The summed E-state index contributed by atoms with van der Waals surface area (Å²) in [7, 11) is 0. The van der Waals surface area contributed by atoms with Gasteiger partial charge >= 0.3 is 0 Å². The van der Waals surface area contributed by atoms with Crippen molar-refractivity contribution in [2.75, 3.05) is 42.3 Å². The topological polar surface area (TPSA) is 54.5 Å². The molecule has 2 aromatic carbocycles. The highest BCUT2D eigenvalue weighted by atomic mass is 35.5. The van der Waals surface area contributed by atoms with E-state index in [2.05, 4.69) is 15.2 Å². The molecular formula is C21H20ClN3O2S2. The number of hydrogen-bond acceptors (Lipinski definition) is 6. The third-order valence-electron chi connectivity index (χ3n) is 4.47. The van der Waals surface area contributed by atoms with Crippen LogP contribution in [0.3, 0.4) is 0 Å². The molecule has 3 aromatic rings. The Hall–Kier alpha value is -2.06.